The molecule has 0 radical (unpaired) electrons. The highest BCUT2D eigenvalue weighted by Gasteiger charge is 2.15. The molecule has 2 aliphatic heterocycles. The van der Waals surface area contributed by atoms with E-state index in [9.17, 15) is 0 Å². The molecule has 3 N–H and O–H groups in total. The van der Waals surface area contributed by atoms with Crippen molar-refractivity contribution in [1.82, 2.24) is 15.1 Å². The zero-order valence-electron chi connectivity index (χ0n) is 12.7. The lowest BCUT2D eigenvalue weighted by molar-refractivity contribution is 0.117. The van der Waals surface area contributed by atoms with Gasteiger partial charge in [0.1, 0.15) is 0 Å². The molecule has 2 heterocycles. The first-order valence-electron chi connectivity index (χ1n) is 7.88. The molecular formula is C14H29N5O. The van der Waals surface area contributed by atoms with E-state index in [0.717, 1.165) is 52.2 Å². The van der Waals surface area contributed by atoms with Crippen molar-refractivity contribution < 1.29 is 4.74 Å². The van der Waals surface area contributed by atoms with E-state index in [2.05, 4.69) is 27.0 Å². The third-order valence-electron chi connectivity index (χ3n) is 4.14. The summed E-state index contributed by atoms with van der Waals surface area (Å²) in [5.74, 6) is 0.549. The molecule has 116 valence electrons. The molecule has 0 aromatic heterocycles. The van der Waals surface area contributed by atoms with Crippen molar-refractivity contribution in [3.05, 3.63) is 0 Å². The maximum absolute atomic E-state index is 5.87. The summed E-state index contributed by atoms with van der Waals surface area (Å²) in [6, 6.07) is 0. The largest absolute Gasteiger partial charge is 0.376 e. The van der Waals surface area contributed by atoms with Crippen molar-refractivity contribution in [2.24, 2.45) is 10.7 Å². The molecule has 20 heavy (non-hydrogen) atoms. The lowest BCUT2D eigenvalue weighted by Gasteiger charge is -2.33. The van der Waals surface area contributed by atoms with Gasteiger partial charge in [-0.05, 0) is 19.4 Å². The van der Waals surface area contributed by atoms with Gasteiger partial charge in [-0.15, -0.1) is 0 Å². The lowest BCUT2D eigenvalue weighted by Crippen LogP contribution is -2.48. The van der Waals surface area contributed by atoms with Gasteiger partial charge in [0.25, 0.3) is 0 Å². The van der Waals surface area contributed by atoms with Gasteiger partial charge in [-0.2, -0.15) is 0 Å². The van der Waals surface area contributed by atoms with Gasteiger partial charge in [-0.3, -0.25) is 9.89 Å². The zero-order valence-corrected chi connectivity index (χ0v) is 12.7. The van der Waals surface area contributed by atoms with Gasteiger partial charge >= 0.3 is 0 Å². The predicted molar refractivity (Wildman–Crippen MR) is 82.0 cm³/mol. The van der Waals surface area contributed by atoms with E-state index in [4.69, 9.17) is 10.5 Å². The van der Waals surface area contributed by atoms with Crippen LogP contribution in [-0.4, -0.2) is 80.8 Å². The number of piperazine rings is 1. The van der Waals surface area contributed by atoms with Crippen LogP contribution in [0.25, 0.3) is 0 Å². The Bertz CT molecular complexity index is 296. The summed E-state index contributed by atoms with van der Waals surface area (Å²) in [4.78, 5) is 9.31. The highest BCUT2D eigenvalue weighted by Crippen LogP contribution is 2.11. The van der Waals surface area contributed by atoms with Crippen molar-refractivity contribution in [1.29, 1.82) is 0 Å². The van der Waals surface area contributed by atoms with E-state index >= 15 is 0 Å². The number of ether oxygens (including phenoxy) is 1. The van der Waals surface area contributed by atoms with E-state index in [0.29, 0.717) is 12.5 Å². The van der Waals surface area contributed by atoms with Crippen LogP contribution in [0.1, 0.15) is 19.8 Å². The van der Waals surface area contributed by atoms with Gasteiger partial charge in [-0.1, -0.05) is 6.92 Å². The normalized spacial score (nSPS) is 26.1. The van der Waals surface area contributed by atoms with Gasteiger partial charge in [0.05, 0.1) is 12.6 Å². The number of guanidine groups is 1. The molecule has 2 fully saturated rings. The molecule has 0 aliphatic carbocycles. The van der Waals surface area contributed by atoms with Gasteiger partial charge in [0.15, 0.2) is 5.96 Å². The Balaban J connectivity index is 1.54. The van der Waals surface area contributed by atoms with Crippen LogP contribution in [0, 0.1) is 0 Å². The maximum Gasteiger partial charge on any atom is 0.188 e. The molecule has 2 rings (SSSR count). The molecule has 1 unspecified atom stereocenters. The van der Waals surface area contributed by atoms with Gasteiger partial charge in [0.2, 0.25) is 0 Å². The summed E-state index contributed by atoms with van der Waals surface area (Å²) in [5, 5.41) is 3.20. The number of hydrogen-bond acceptors (Lipinski definition) is 4. The second kappa shape index (κ2) is 8.44. The average Bonchev–Trinajstić information content (AvgIpc) is 2.99. The Morgan fingerprint density at radius 2 is 2.05 bits per heavy atom. The minimum Gasteiger partial charge on any atom is -0.376 e. The number of nitrogens with two attached hydrogens (primary N) is 1. The first kappa shape index (κ1) is 15.5. The van der Waals surface area contributed by atoms with E-state index in [1.165, 1.54) is 13.1 Å². The number of likely N-dealkylation sites (N-methyl/N-ethyl adjacent to an activating group) is 1. The molecule has 2 aliphatic rings. The second-order valence-electron chi connectivity index (χ2n) is 5.56. The first-order valence-corrected chi connectivity index (χ1v) is 7.88. The molecule has 0 spiro atoms. The summed E-state index contributed by atoms with van der Waals surface area (Å²) in [7, 11) is 0. The third-order valence-corrected chi connectivity index (χ3v) is 4.14. The number of nitrogens with one attached hydrogen (secondary N) is 1. The van der Waals surface area contributed by atoms with Crippen molar-refractivity contribution in [2.75, 3.05) is 59.0 Å². The van der Waals surface area contributed by atoms with Crippen molar-refractivity contribution in [3.63, 3.8) is 0 Å². The molecule has 6 heteroatoms. The number of rotatable bonds is 6. The van der Waals surface area contributed by atoms with Crippen LogP contribution < -0.4 is 11.1 Å². The Labute approximate surface area is 122 Å². The predicted octanol–water partition coefficient (Wildman–Crippen LogP) is -0.293. The standard InChI is InChI=1S/C14H29N5O/c1-2-18-7-9-19(10-8-18)6-5-16-14(15)17-12-13-4-3-11-20-13/h13H,2-12H2,1H3,(H3,15,16,17). The van der Waals surface area contributed by atoms with Crippen LogP contribution in [0.3, 0.4) is 0 Å². The van der Waals surface area contributed by atoms with Crippen LogP contribution in [0.15, 0.2) is 4.99 Å². The zero-order chi connectivity index (χ0) is 14.2. The molecule has 0 saturated carbocycles. The molecule has 2 saturated heterocycles. The van der Waals surface area contributed by atoms with Crippen LogP contribution in [0.2, 0.25) is 0 Å². The van der Waals surface area contributed by atoms with E-state index < -0.39 is 0 Å². The van der Waals surface area contributed by atoms with Crippen LogP contribution in [0.5, 0.6) is 0 Å². The van der Waals surface area contributed by atoms with Crippen molar-refractivity contribution in [3.8, 4) is 0 Å². The minimum atomic E-state index is 0.275. The number of aliphatic imine (C=N–C) groups is 1. The molecule has 0 bridgehead atoms. The number of hydrogen-bond donors (Lipinski definition) is 2. The Morgan fingerprint density at radius 1 is 1.30 bits per heavy atom. The van der Waals surface area contributed by atoms with Gasteiger partial charge in [0, 0.05) is 45.9 Å². The fourth-order valence-corrected chi connectivity index (χ4v) is 2.72. The fourth-order valence-electron chi connectivity index (χ4n) is 2.72. The second-order valence-corrected chi connectivity index (χ2v) is 5.56. The van der Waals surface area contributed by atoms with E-state index in [1.807, 2.05) is 0 Å². The monoisotopic (exact) mass is 283 g/mol. The van der Waals surface area contributed by atoms with Crippen LogP contribution in [0.4, 0.5) is 0 Å². The van der Waals surface area contributed by atoms with Crippen molar-refractivity contribution in [2.45, 2.75) is 25.9 Å². The maximum atomic E-state index is 5.87. The topological polar surface area (TPSA) is 66.1 Å². The molecule has 6 nitrogen and oxygen atoms in total. The average molecular weight is 283 g/mol. The highest BCUT2D eigenvalue weighted by molar-refractivity contribution is 5.77. The van der Waals surface area contributed by atoms with Gasteiger partial charge < -0.3 is 20.7 Å². The Morgan fingerprint density at radius 3 is 2.70 bits per heavy atom. The third kappa shape index (κ3) is 5.26. The summed E-state index contributed by atoms with van der Waals surface area (Å²) >= 11 is 0. The highest BCUT2D eigenvalue weighted by atomic mass is 16.5. The van der Waals surface area contributed by atoms with Crippen LogP contribution >= 0.6 is 0 Å². The summed E-state index contributed by atoms with van der Waals surface area (Å²) in [5.41, 5.74) is 5.87. The molecule has 0 aromatic carbocycles. The molecular weight excluding hydrogens is 254 g/mol. The van der Waals surface area contributed by atoms with Gasteiger partial charge in [-0.25, -0.2) is 0 Å². The van der Waals surface area contributed by atoms with Crippen LogP contribution in [-0.2, 0) is 4.74 Å². The molecule has 0 amide bonds. The Kier molecular flexibility index (Phi) is 6.56. The lowest BCUT2D eigenvalue weighted by atomic mass is 10.2. The first-order chi connectivity index (χ1) is 9.78. The number of nitrogens with zero attached hydrogens (tertiary/aromatic N) is 3. The summed E-state index contributed by atoms with van der Waals surface area (Å²) in [6.45, 7) is 11.5. The molecule has 1 atom stereocenters. The SMILES string of the molecule is CCN1CCN(CCNC(N)=NCC2CCCO2)CC1. The van der Waals surface area contributed by atoms with E-state index in [-0.39, 0.29) is 6.10 Å². The smallest absolute Gasteiger partial charge is 0.188 e. The Hall–Kier alpha value is -0.850. The fraction of sp³-hybridized carbons (Fsp3) is 0.929. The summed E-state index contributed by atoms with van der Waals surface area (Å²) < 4.78 is 5.52. The van der Waals surface area contributed by atoms with E-state index in [1.54, 1.807) is 0 Å². The molecule has 0 aromatic rings. The van der Waals surface area contributed by atoms with Crippen molar-refractivity contribution >= 4 is 5.96 Å². The summed E-state index contributed by atoms with van der Waals surface area (Å²) in [6.07, 6.45) is 2.54. The minimum absolute atomic E-state index is 0.275. The quantitative estimate of drug-likeness (QED) is 0.518.